The lowest BCUT2D eigenvalue weighted by atomic mass is 9.75. The van der Waals surface area contributed by atoms with E-state index in [-0.39, 0.29) is 5.41 Å². The van der Waals surface area contributed by atoms with Crippen molar-refractivity contribution in [1.82, 2.24) is 0 Å². The highest BCUT2D eigenvalue weighted by Crippen LogP contribution is 2.38. The molecule has 0 amide bonds. The van der Waals surface area contributed by atoms with E-state index < -0.39 is 0 Å². The molecule has 0 radical (unpaired) electrons. The van der Waals surface area contributed by atoms with Crippen LogP contribution in [0.3, 0.4) is 0 Å². The minimum atomic E-state index is 0.138. The van der Waals surface area contributed by atoms with E-state index in [2.05, 4.69) is 63.9 Å². The van der Waals surface area contributed by atoms with Crippen LogP contribution in [0.1, 0.15) is 51.5 Å². The highest BCUT2D eigenvalue weighted by Gasteiger charge is 2.32. The Morgan fingerprint density at radius 3 is 2.40 bits per heavy atom. The van der Waals surface area contributed by atoms with Crippen molar-refractivity contribution >= 4 is 43.5 Å². The summed E-state index contributed by atoms with van der Waals surface area (Å²) in [7, 11) is 0. The van der Waals surface area contributed by atoms with Gasteiger partial charge in [0.2, 0.25) is 0 Å². The predicted octanol–water partition coefficient (Wildman–Crippen LogP) is 6.97. The zero-order chi connectivity index (χ0) is 15.0. The summed E-state index contributed by atoms with van der Waals surface area (Å²) in [6.07, 6.45) is 6.40. The molecule has 0 spiro atoms. The lowest BCUT2D eigenvalue weighted by Gasteiger charge is -2.34. The molecule has 0 nitrogen and oxygen atoms in total. The van der Waals surface area contributed by atoms with Crippen LogP contribution in [-0.4, -0.2) is 10.7 Å². The summed E-state index contributed by atoms with van der Waals surface area (Å²) in [5, 5.41) is 2.76. The smallest absolute Gasteiger partial charge is 0.0408 e. The number of rotatable bonds is 9. The van der Waals surface area contributed by atoms with Crippen molar-refractivity contribution < 1.29 is 0 Å². The first-order chi connectivity index (χ1) is 9.61. The van der Waals surface area contributed by atoms with E-state index in [1.807, 2.05) is 6.07 Å². The summed E-state index contributed by atoms with van der Waals surface area (Å²) >= 11 is 13.7. The van der Waals surface area contributed by atoms with Crippen molar-refractivity contribution in [3.05, 3.63) is 34.9 Å². The molecule has 3 heteroatoms. The summed E-state index contributed by atoms with van der Waals surface area (Å²) in [5.41, 5.74) is 1.48. The summed E-state index contributed by atoms with van der Waals surface area (Å²) in [5.74, 6) is 0.782. The van der Waals surface area contributed by atoms with Crippen molar-refractivity contribution in [2.75, 3.05) is 10.7 Å². The maximum Gasteiger partial charge on any atom is 0.0408 e. The van der Waals surface area contributed by atoms with Crippen molar-refractivity contribution in [2.24, 2.45) is 5.92 Å². The van der Waals surface area contributed by atoms with E-state index in [0.29, 0.717) is 0 Å². The standard InChI is InChI=1S/C17H25Br2Cl/c1-3-5-7-14(4-2)11-17(12-18,13-19)15-8-6-9-16(20)10-15/h6,8-10,14H,3-5,7,11-13H2,1-2H3. The lowest BCUT2D eigenvalue weighted by molar-refractivity contribution is 0.338. The topological polar surface area (TPSA) is 0 Å². The summed E-state index contributed by atoms with van der Waals surface area (Å²) in [6, 6.07) is 8.34. The van der Waals surface area contributed by atoms with Crippen LogP contribution in [0.5, 0.6) is 0 Å². The monoisotopic (exact) mass is 422 g/mol. The van der Waals surface area contributed by atoms with Gasteiger partial charge in [0.1, 0.15) is 0 Å². The third kappa shape index (κ3) is 5.03. The summed E-state index contributed by atoms with van der Waals surface area (Å²) in [4.78, 5) is 0. The quantitative estimate of drug-likeness (QED) is 0.375. The Kier molecular flexibility index (Phi) is 8.78. The van der Waals surface area contributed by atoms with Crippen molar-refractivity contribution in [2.45, 2.75) is 51.4 Å². The van der Waals surface area contributed by atoms with Gasteiger partial charge in [-0.25, -0.2) is 0 Å². The largest absolute Gasteiger partial charge is 0.0918 e. The van der Waals surface area contributed by atoms with Gasteiger partial charge in [0, 0.05) is 21.1 Å². The Hall–Kier alpha value is 0.470. The second-order valence-corrected chi connectivity index (χ2v) is 7.24. The molecular weight excluding hydrogens is 399 g/mol. The zero-order valence-electron chi connectivity index (χ0n) is 12.5. The van der Waals surface area contributed by atoms with Gasteiger partial charge < -0.3 is 0 Å². The van der Waals surface area contributed by atoms with Gasteiger partial charge in [0.25, 0.3) is 0 Å². The molecule has 0 saturated carbocycles. The molecule has 0 aliphatic carbocycles. The van der Waals surface area contributed by atoms with Gasteiger partial charge in [0.15, 0.2) is 0 Å². The Labute approximate surface area is 145 Å². The van der Waals surface area contributed by atoms with Gasteiger partial charge in [-0.2, -0.15) is 0 Å². The predicted molar refractivity (Wildman–Crippen MR) is 98.6 cm³/mol. The molecule has 0 bridgehead atoms. The van der Waals surface area contributed by atoms with E-state index in [1.165, 1.54) is 37.7 Å². The SMILES string of the molecule is CCCCC(CC)CC(CBr)(CBr)c1cccc(Cl)c1. The van der Waals surface area contributed by atoms with Crippen molar-refractivity contribution in [3.63, 3.8) is 0 Å². The molecule has 1 aromatic carbocycles. The van der Waals surface area contributed by atoms with Crippen molar-refractivity contribution in [1.29, 1.82) is 0 Å². The summed E-state index contributed by atoms with van der Waals surface area (Å²) < 4.78 is 0. The molecule has 1 rings (SSSR count). The maximum atomic E-state index is 6.19. The molecule has 1 atom stereocenters. The van der Waals surface area contributed by atoms with Crippen LogP contribution >= 0.6 is 43.5 Å². The minimum Gasteiger partial charge on any atom is -0.0918 e. The van der Waals surface area contributed by atoms with Gasteiger partial charge in [-0.1, -0.05) is 95.1 Å². The molecule has 0 N–H and O–H groups in total. The third-order valence-corrected chi connectivity index (χ3v) is 6.55. The number of unbranched alkanes of at least 4 members (excludes halogenated alkanes) is 1. The minimum absolute atomic E-state index is 0.138. The summed E-state index contributed by atoms with van der Waals surface area (Å²) in [6.45, 7) is 4.58. The first kappa shape index (κ1) is 18.5. The number of benzene rings is 1. The van der Waals surface area contributed by atoms with Gasteiger partial charge in [-0.05, 0) is 30.0 Å². The molecular formula is C17H25Br2Cl. The van der Waals surface area contributed by atoms with Crippen LogP contribution in [0.15, 0.2) is 24.3 Å². The van der Waals surface area contributed by atoms with Crippen LogP contribution in [-0.2, 0) is 5.41 Å². The molecule has 1 aromatic rings. The Balaban J connectivity index is 2.96. The van der Waals surface area contributed by atoms with E-state index in [9.17, 15) is 0 Å². The van der Waals surface area contributed by atoms with E-state index in [4.69, 9.17) is 11.6 Å². The Morgan fingerprint density at radius 1 is 1.20 bits per heavy atom. The molecule has 20 heavy (non-hydrogen) atoms. The highest BCUT2D eigenvalue weighted by molar-refractivity contribution is 9.09. The molecule has 0 aliphatic heterocycles. The maximum absolute atomic E-state index is 6.19. The molecule has 114 valence electrons. The number of halogens is 3. The molecule has 0 saturated heterocycles. The lowest BCUT2D eigenvalue weighted by Crippen LogP contribution is -2.33. The second-order valence-electron chi connectivity index (χ2n) is 5.68. The average molecular weight is 425 g/mol. The Morgan fingerprint density at radius 2 is 1.90 bits per heavy atom. The number of alkyl halides is 2. The van der Waals surface area contributed by atoms with Crippen LogP contribution < -0.4 is 0 Å². The molecule has 0 aliphatic rings. The first-order valence-electron chi connectivity index (χ1n) is 7.49. The van der Waals surface area contributed by atoms with Gasteiger partial charge in [0.05, 0.1) is 0 Å². The van der Waals surface area contributed by atoms with Crippen molar-refractivity contribution in [3.8, 4) is 0 Å². The third-order valence-electron chi connectivity index (χ3n) is 4.17. The Bertz CT molecular complexity index is 388. The highest BCUT2D eigenvalue weighted by atomic mass is 79.9. The second kappa shape index (κ2) is 9.48. The van der Waals surface area contributed by atoms with Crippen LogP contribution in [0, 0.1) is 5.92 Å². The molecule has 0 fully saturated rings. The average Bonchev–Trinajstić information content (AvgIpc) is 2.48. The van der Waals surface area contributed by atoms with Crippen LogP contribution in [0.2, 0.25) is 5.02 Å². The van der Waals surface area contributed by atoms with Gasteiger partial charge >= 0.3 is 0 Å². The van der Waals surface area contributed by atoms with Crippen LogP contribution in [0.25, 0.3) is 0 Å². The fourth-order valence-corrected chi connectivity index (χ4v) is 4.96. The van der Waals surface area contributed by atoms with E-state index in [0.717, 1.165) is 21.6 Å². The van der Waals surface area contributed by atoms with Crippen LogP contribution in [0.4, 0.5) is 0 Å². The fraction of sp³-hybridized carbons (Fsp3) is 0.647. The van der Waals surface area contributed by atoms with E-state index in [1.54, 1.807) is 0 Å². The number of hydrogen-bond acceptors (Lipinski definition) is 0. The van der Waals surface area contributed by atoms with E-state index >= 15 is 0 Å². The molecule has 1 unspecified atom stereocenters. The first-order valence-corrected chi connectivity index (χ1v) is 10.1. The fourth-order valence-electron chi connectivity index (χ4n) is 2.73. The van der Waals surface area contributed by atoms with Gasteiger partial charge in [-0.15, -0.1) is 0 Å². The molecule has 0 heterocycles. The number of hydrogen-bond donors (Lipinski definition) is 0. The van der Waals surface area contributed by atoms with Gasteiger partial charge in [-0.3, -0.25) is 0 Å². The zero-order valence-corrected chi connectivity index (χ0v) is 16.4. The normalized spacial score (nSPS) is 13.4. The molecule has 0 aromatic heterocycles.